The van der Waals surface area contributed by atoms with Gasteiger partial charge in [-0.1, -0.05) is 6.07 Å². The molecule has 2 unspecified atom stereocenters. The standard InChI is InChI=1S/C11H11F3O4/c1-2-18-11(17)10(16)9(15)5-3-4-6(12)8(14)7(5)13/h3-4,9-10,15-16H,2H2,1H3. The Hall–Kier alpha value is -1.60. The molecule has 0 aromatic heterocycles. The van der Waals surface area contributed by atoms with Crippen LogP contribution in [0.4, 0.5) is 13.2 Å². The van der Waals surface area contributed by atoms with Crippen molar-refractivity contribution in [2.45, 2.75) is 19.1 Å². The summed E-state index contributed by atoms with van der Waals surface area (Å²) in [6.45, 7) is 1.41. The van der Waals surface area contributed by atoms with Gasteiger partial charge < -0.3 is 14.9 Å². The number of aliphatic hydroxyl groups excluding tert-OH is 2. The molecule has 100 valence electrons. The SMILES string of the molecule is CCOC(=O)C(O)C(O)c1ccc(F)c(F)c1F. The number of carbonyl (C=O) groups excluding carboxylic acids is 1. The molecule has 2 N–H and O–H groups in total. The summed E-state index contributed by atoms with van der Waals surface area (Å²) in [6.07, 6.45) is -4.12. The van der Waals surface area contributed by atoms with Crippen molar-refractivity contribution in [2.75, 3.05) is 6.61 Å². The van der Waals surface area contributed by atoms with Crippen molar-refractivity contribution in [1.29, 1.82) is 0 Å². The van der Waals surface area contributed by atoms with Gasteiger partial charge in [0.25, 0.3) is 0 Å². The van der Waals surface area contributed by atoms with Crippen molar-refractivity contribution in [3.05, 3.63) is 35.1 Å². The fourth-order valence-electron chi connectivity index (χ4n) is 1.30. The number of hydrogen-bond donors (Lipinski definition) is 2. The lowest BCUT2D eigenvalue weighted by Gasteiger charge is -2.17. The summed E-state index contributed by atoms with van der Waals surface area (Å²) >= 11 is 0. The highest BCUT2D eigenvalue weighted by molar-refractivity contribution is 5.75. The minimum absolute atomic E-state index is 0.0527. The summed E-state index contributed by atoms with van der Waals surface area (Å²) in [7, 11) is 0. The van der Waals surface area contributed by atoms with E-state index in [2.05, 4.69) is 4.74 Å². The number of rotatable bonds is 4. The van der Waals surface area contributed by atoms with Crippen molar-refractivity contribution in [3.8, 4) is 0 Å². The summed E-state index contributed by atoms with van der Waals surface area (Å²) in [5, 5.41) is 18.9. The Morgan fingerprint density at radius 1 is 1.28 bits per heavy atom. The molecular weight excluding hydrogens is 253 g/mol. The van der Waals surface area contributed by atoms with E-state index >= 15 is 0 Å². The Labute approximate surface area is 101 Å². The molecule has 0 radical (unpaired) electrons. The van der Waals surface area contributed by atoms with E-state index in [9.17, 15) is 28.2 Å². The Bertz CT molecular complexity index is 450. The molecule has 0 bridgehead atoms. The van der Waals surface area contributed by atoms with E-state index in [1.165, 1.54) is 6.92 Å². The quantitative estimate of drug-likeness (QED) is 0.630. The Morgan fingerprint density at radius 2 is 1.89 bits per heavy atom. The molecule has 0 amide bonds. The van der Waals surface area contributed by atoms with E-state index in [1.54, 1.807) is 0 Å². The van der Waals surface area contributed by atoms with Crippen LogP contribution in [0.1, 0.15) is 18.6 Å². The molecular formula is C11H11F3O4. The summed E-state index contributed by atoms with van der Waals surface area (Å²) in [4.78, 5) is 11.1. The third kappa shape index (κ3) is 2.80. The number of esters is 1. The molecule has 0 heterocycles. The molecule has 2 atom stereocenters. The molecule has 4 nitrogen and oxygen atoms in total. The average Bonchev–Trinajstić information content (AvgIpc) is 2.35. The summed E-state index contributed by atoms with van der Waals surface area (Å²) in [5.74, 6) is -6.07. The van der Waals surface area contributed by atoms with Crippen molar-refractivity contribution in [1.82, 2.24) is 0 Å². The predicted molar refractivity (Wildman–Crippen MR) is 53.9 cm³/mol. The fourth-order valence-corrected chi connectivity index (χ4v) is 1.30. The zero-order chi connectivity index (χ0) is 13.9. The topological polar surface area (TPSA) is 66.8 Å². The van der Waals surface area contributed by atoms with Crippen LogP contribution in [-0.4, -0.2) is 28.9 Å². The van der Waals surface area contributed by atoms with Gasteiger partial charge in [-0.2, -0.15) is 0 Å². The van der Waals surface area contributed by atoms with E-state index in [-0.39, 0.29) is 6.61 Å². The Kier molecular flexibility index (Phi) is 4.69. The summed E-state index contributed by atoms with van der Waals surface area (Å²) in [6, 6.07) is 1.32. The van der Waals surface area contributed by atoms with Gasteiger partial charge in [-0.05, 0) is 13.0 Å². The predicted octanol–water partition coefficient (Wildman–Crippen LogP) is 1.06. The van der Waals surface area contributed by atoms with Crippen molar-refractivity contribution < 1.29 is 32.9 Å². The first-order valence-electron chi connectivity index (χ1n) is 5.06. The maximum Gasteiger partial charge on any atom is 0.338 e. The molecule has 0 aliphatic heterocycles. The minimum atomic E-state index is -2.08. The second kappa shape index (κ2) is 5.83. The second-order valence-electron chi connectivity index (χ2n) is 3.41. The number of aliphatic hydroxyl groups is 2. The van der Waals surface area contributed by atoms with Crippen LogP contribution < -0.4 is 0 Å². The summed E-state index contributed by atoms with van der Waals surface area (Å²) in [5.41, 5.74) is -0.727. The molecule has 0 aliphatic carbocycles. The van der Waals surface area contributed by atoms with E-state index in [0.29, 0.717) is 6.07 Å². The molecule has 0 saturated heterocycles. The lowest BCUT2D eigenvalue weighted by atomic mass is 10.0. The molecule has 18 heavy (non-hydrogen) atoms. The third-order valence-corrected chi connectivity index (χ3v) is 2.21. The molecule has 1 aromatic rings. The molecule has 7 heteroatoms. The maximum absolute atomic E-state index is 13.3. The van der Waals surface area contributed by atoms with Crippen LogP contribution in [0.5, 0.6) is 0 Å². The molecule has 0 spiro atoms. The minimum Gasteiger partial charge on any atom is -0.464 e. The second-order valence-corrected chi connectivity index (χ2v) is 3.41. The lowest BCUT2D eigenvalue weighted by molar-refractivity contribution is -0.159. The number of carbonyl (C=O) groups is 1. The average molecular weight is 264 g/mol. The van der Waals surface area contributed by atoms with Gasteiger partial charge in [-0.3, -0.25) is 0 Å². The first-order valence-corrected chi connectivity index (χ1v) is 5.06. The highest BCUT2D eigenvalue weighted by Gasteiger charge is 2.30. The molecule has 0 saturated carbocycles. The smallest absolute Gasteiger partial charge is 0.338 e. The van der Waals surface area contributed by atoms with Gasteiger partial charge in [0.15, 0.2) is 23.6 Å². The normalized spacial score (nSPS) is 14.1. The fraction of sp³-hybridized carbons (Fsp3) is 0.364. The maximum atomic E-state index is 13.3. The van der Waals surface area contributed by atoms with Crippen LogP contribution in [0.2, 0.25) is 0 Å². The zero-order valence-corrected chi connectivity index (χ0v) is 9.36. The molecule has 0 aliphatic rings. The number of ether oxygens (including phenoxy) is 1. The lowest BCUT2D eigenvalue weighted by Crippen LogP contribution is -2.30. The van der Waals surface area contributed by atoms with Crippen LogP contribution in [0, 0.1) is 17.5 Å². The number of halogens is 3. The van der Waals surface area contributed by atoms with Crippen LogP contribution in [0.25, 0.3) is 0 Å². The van der Waals surface area contributed by atoms with Crippen LogP contribution in [-0.2, 0) is 9.53 Å². The van der Waals surface area contributed by atoms with Crippen LogP contribution in [0.15, 0.2) is 12.1 Å². The van der Waals surface area contributed by atoms with Crippen LogP contribution in [0.3, 0.4) is 0 Å². The van der Waals surface area contributed by atoms with Crippen molar-refractivity contribution >= 4 is 5.97 Å². The molecule has 0 fully saturated rings. The summed E-state index contributed by atoms with van der Waals surface area (Å²) < 4.78 is 43.2. The van der Waals surface area contributed by atoms with Crippen molar-refractivity contribution in [3.63, 3.8) is 0 Å². The van der Waals surface area contributed by atoms with Crippen molar-refractivity contribution in [2.24, 2.45) is 0 Å². The van der Waals surface area contributed by atoms with Gasteiger partial charge >= 0.3 is 5.97 Å². The number of benzene rings is 1. The Morgan fingerprint density at radius 3 is 2.44 bits per heavy atom. The van der Waals surface area contributed by atoms with E-state index < -0.39 is 41.2 Å². The van der Waals surface area contributed by atoms with Crippen LogP contribution >= 0.6 is 0 Å². The molecule has 1 rings (SSSR count). The van der Waals surface area contributed by atoms with E-state index in [1.807, 2.05) is 0 Å². The van der Waals surface area contributed by atoms with Gasteiger partial charge in [0.1, 0.15) is 6.10 Å². The molecule has 1 aromatic carbocycles. The van der Waals surface area contributed by atoms with Gasteiger partial charge in [0, 0.05) is 5.56 Å². The first kappa shape index (κ1) is 14.5. The van der Waals surface area contributed by atoms with E-state index in [0.717, 1.165) is 6.07 Å². The zero-order valence-electron chi connectivity index (χ0n) is 9.36. The van der Waals surface area contributed by atoms with E-state index in [4.69, 9.17) is 0 Å². The first-order chi connectivity index (χ1) is 8.40. The third-order valence-electron chi connectivity index (χ3n) is 2.21. The van der Waals surface area contributed by atoms with Gasteiger partial charge in [0.05, 0.1) is 6.61 Å². The van der Waals surface area contributed by atoms with Gasteiger partial charge in [0.2, 0.25) is 0 Å². The van der Waals surface area contributed by atoms with Gasteiger partial charge in [-0.25, -0.2) is 18.0 Å². The number of hydrogen-bond acceptors (Lipinski definition) is 4. The Balaban J connectivity index is 3.00. The highest BCUT2D eigenvalue weighted by atomic mass is 19.2. The largest absolute Gasteiger partial charge is 0.464 e. The monoisotopic (exact) mass is 264 g/mol. The highest BCUT2D eigenvalue weighted by Crippen LogP contribution is 2.24. The van der Waals surface area contributed by atoms with Gasteiger partial charge in [-0.15, -0.1) is 0 Å².